The van der Waals surface area contributed by atoms with E-state index in [-0.39, 0.29) is 11.1 Å². The first-order valence-corrected chi connectivity index (χ1v) is 6.98. The van der Waals surface area contributed by atoms with E-state index in [1.165, 1.54) is 17.4 Å². The highest BCUT2D eigenvalue weighted by Gasteiger charge is 2.17. The summed E-state index contributed by atoms with van der Waals surface area (Å²) in [5, 5.41) is 3.30. The molecule has 0 saturated carbocycles. The zero-order valence-electron chi connectivity index (χ0n) is 9.93. The highest BCUT2D eigenvalue weighted by atomic mass is 35.5. The van der Waals surface area contributed by atoms with Crippen molar-refractivity contribution in [1.82, 2.24) is 5.32 Å². The summed E-state index contributed by atoms with van der Waals surface area (Å²) in [6.45, 7) is 1.96. The summed E-state index contributed by atoms with van der Waals surface area (Å²) >= 11 is 13.3. The number of thiophene rings is 1. The molecule has 1 nitrogen and oxygen atoms in total. The van der Waals surface area contributed by atoms with Gasteiger partial charge in [-0.2, -0.15) is 0 Å². The van der Waals surface area contributed by atoms with Crippen molar-refractivity contribution in [3.8, 4) is 0 Å². The number of hydrogen-bond acceptors (Lipinski definition) is 2. The summed E-state index contributed by atoms with van der Waals surface area (Å²) in [4.78, 5) is 1.06. The minimum Gasteiger partial charge on any atom is -0.309 e. The topological polar surface area (TPSA) is 12.0 Å². The highest BCUT2D eigenvalue weighted by Crippen LogP contribution is 2.34. The van der Waals surface area contributed by atoms with Gasteiger partial charge in [0.1, 0.15) is 5.82 Å². The van der Waals surface area contributed by atoms with Gasteiger partial charge in [-0.1, -0.05) is 29.3 Å². The highest BCUT2D eigenvalue weighted by molar-refractivity contribution is 7.16. The molecule has 2 aromatic rings. The fourth-order valence-corrected chi connectivity index (χ4v) is 3.26. The van der Waals surface area contributed by atoms with Crippen molar-refractivity contribution in [3.05, 3.63) is 55.4 Å². The van der Waals surface area contributed by atoms with Crippen molar-refractivity contribution >= 4 is 34.5 Å². The van der Waals surface area contributed by atoms with Gasteiger partial charge >= 0.3 is 0 Å². The van der Waals surface area contributed by atoms with E-state index in [1.807, 2.05) is 26.1 Å². The van der Waals surface area contributed by atoms with E-state index in [0.29, 0.717) is 0 Å². The zero-order valence-corrected chi connectivity index (χ0v) is 12.3. The molecule has 0 aliphatic rings. The predicted molar refractivity (Wildman–Crippen MR) is 76.4 cm³/mol. The van der Waals surface area contributed by atoms with Gasteiger partial charge < -0.3 is 5.32 Å². The minimum atomic E-state index is -0.409. The second-order valence-corrected chi connectivity index (χ2v) is 6.09. The molecule has 0 radical (unpaired) electrons. The first-order chi connectivity index (χ1) is 8.52. The van der Waals surface area contributed by atoms with Gasteiger partial charge in [0.2, 0.25) is 0 Å². The van der Waals surface area contributed by atoms with E-state index in [4.69, 9.17) is 23.2 Å². The lowest BCUT2D eigenvalue weighted by molar-refractivity contribution is 0.618. The van der Waals surface area contributed by atoms with Crippen LogP contribution < -0.4 is 5.32 Å². The van der Waals surface area contributed by atoms with E-state index in [1.54, 1.807) is 6.07 Å². The molecule has 0 fully saturated rings. The molecule has 1 heterocycles. The Morgan fingerprint density at radius 1 is 1.28 bits per heavy atom. The van der Waals surface area contributed by atoms with Crippen molar-refractivity contribution in [2.24, 2.45) is 0 Å². The largest absolute Gasteiger partial charge is 0.309 e. The fraction of sp³-hybridized carbons (Fsp3) is 0.231. The van der Waals surface area contributed by atoms with Crippen molar-refractivity contribution < 1.29 is 4.39 Å². The van der Waals surface area contributed by atoms with Crippen LogP contribution in [0.1, 0.15) is 22.0 Å². The summed E-state index contributed by atoms with van der Waals surface area (Å²) in [5.41, 5.74) is 1.86. The first kappa shape index (κ1) is 13.8. The number of rotatable bonds is 3. The average molecular weight is 304 g/mol. The molecule has 0 aliphatic heterocycles. The predicted octanol–water partition coefficient (Wildman–Crippen LogP) is 4.81. The summed E-state index contributed by atoms with van der Waals surface area (Å²) < 4.78 is 14.3. The van der Waals surface area contributed by atoms with Gasteiger partial charge in [-0.25, -0.2) is 4.39 Å². The number of aryl methyl sites for hydroxylation is 1. The number of hydrogen-bond donors (Lipinski definition) is 1. The van der Waals surface area contributed by atoms with Gasteiger partial charge in [0.25, 0.3) is 0 Å². The molecule has 0 amide bonds. The van der Waals surface area contributed by atoms with Crippen LogP contribution in [0.25, 0.3) is 0 Å². The van der Waals surface area contributed by atoms with E-state index in [9.17, 15) is 4.39 Å². The van der Waals surface area contributed by atoms with Gasteiger partial charge in [-0.05, 0) is 43.3 Å². The first-order valence-electron chi connectivity index (χ1n) is 5.41. The molecular weight excluding hydrogens is 292 g/mol. The Balaban J connectivity index is 2.41. The third-order valence-corrected chi connectivity index (χ3v) is 4.65. The summed E-state index contributed by atoms with van der Waals surface area (Å²) in [6, 6.07) is 6.77. The van der Waals surface area contributed by atoms with Crippen molar-refractivity contribution in [3.63, 3.8) is 0 Å². The van der Waals surface area contributed by atoms with Crippen molar-refractivity contribution in [2.75, 3.05) is 7.05 Å². The molecule has 0 saturated heterocycles. The van der Waals surface area contributed by atoms with Crippen LogP contribution >= 0.6 is 34.5 Å². The van der Waals surface area contributed by atoms with Crippen LogP contribution in [-0.4, -0.2) is 7.05 Å². The summed E-state index contributed by atoms with van der Waals surface area (Å²) in [6.07, 6.45) is 0. The monoisotopic (exact) mass is 303 g/mol. The molecule has 5 heteroatoms. The normalized spacial score (nSPS) is 12.7. The van der Waals surface area contributed by atoms with Crippen LogP contribution in [0.4, 0.5) is 4.39 Å². The Kier molecular flexibility index (Phi) is 4.28. The lowest BCUT2D eigenvalue weighted by Gasteiger charge is -2.15. The minimum absolute atomic E-state index is 0.0760. The van der Waals surface area contributed by atoms with Gasteiger partial charge in [0.05, 0.1) is 15.4 Å². The Labute approximate surface area is 120 Å². The van der Waals surface area contributed by atoms with E-state index < -0.39 is 5.82 Å². The van der Waals surface area contributed by atoms with Crippen LogP contribution in [0.3, 0.4) is 0 Å². The van der Waals surface area contributed by atoms with E-state index >= 15 is 0 Å². The molecule has 1 N–H and O–H groups in total. The SMILES string of the molecule is CNC(c1ccc(Cl)c(F)c1)c1cc(C)c(Cl)s1. The smallest absolute Gasteiger partial charge is 0.142 e. The average Bonchev–Trinajstić information content (AvgIpc) is 2.65. The molecule has 1 aromatic carbocycles. The molecule has 0 spiro atoms. The molecular formula is C13H12Cl2FNS. The van der Waals surface area contributed by atoms with Gasteiger partial charge in [-0.3, -0.25) is 0 Å². The van der Waals surface area contributed by atoms with Gasteiger partial charge in [-0.15, -0.1) is 11.3 Å². The number of benzene rings is 1. The number of halogens is 3. The Morgan fingerprint density at radius 2 is 2.00 bits per heavy atom. The Hall–Kier alpha value is -0.610. The van der Waals surface area contributed by atoms with E-state index in [2.05, 4.69) is 5.32 Å². The second-order valence-electron chi connectivity index (χ2n) is 4.00. The molecule has 18 heavy (non-hydrogen) atoms. The van der Waals surface area contributed by atoms with E-state index in [0.717, 1.165) is 20.3 Å². The summed E-state index contributed by atoms with van der Waals surface area (Å²) in [7, 11) is 1.83. The standard InChI is InChI=1S/C13H12Cl2FNS/c1-7-5-11(18-13(7)15)12(17-2)8-3-4-9(14)10(16)6-8/h3-6,12,17H,1-2H3. The molecule has 0 bridgehead atoms. The number of nitrogens with one attached hydrogen (secondary N) is 1. The van der Waals surface area contributed by atoms with Crippen LogP contribution in [0.15, 0.2) is 24.3 Å². The molecule has 2 rings (SSSR count). The Morgan fingerprint density at radius 3 is 2.50 bits per heavy atom. The third-order valence-electron chi connectivity index (χ3n) is 2.73. The van der Waals surface area contributed by atoms with Crippen LogP contribution in [0, 0.1) is 12.7 Å². The zero-order chi connectivity index (χ0) is 13.3. The van der Waals surface area contributed by atoms with Crippen LogP contribution in [-0.2, 0) is 0 Å². The maximum Gasteiger partial charge on any atom is 0.142 e. The third kappa shape index (κ3) is 2.69. The molecule has 1 atom stereocenters. The Bertz CT molecular complexity index is 549. The second kappa shape index (κ2) is 5.57. The lowest BCUT2D eigenvalue weighted by atomic mass is 10.1. The molecule has 1 unspecified atom stereocenters. The van der Waals surface area contributed by atoms with Crippen LogP contribution in [0.5, 0.6) is 0 Å². The summed E-state index contributed by atoms with van der Waals surface area (Å²) in [5.74, 6) is -0.409. The van der Waals surface area contributed by atoms with Gasteiger partial charge in [0.15, 0.2) is 0 Å². The quantitative estimate of drug-likeness (QED) is 0.858. The maximum atomic E-state index is 13.5. The molecule has 1 aromatic heterocycles. The molecule has 96 valence electrons. The van der Waals surface area contributed by atoms with Crippen molar-refractivity contribution in [1.29, 1.82) is 0 Å². The molecule has 0 aliphatic carbocycles. The maximum absolute atomic E-state index is 13.5. The van der Waals surface area contributed by atoms with Crippen molar-refractivity contribution in [2.45, 2.75) is 13.0 Å². The van der Waals surface area contributed by atoms with Gasteiger partial charge in [0, 0.05) is 4.88 Å². The van der Waals surface area contributed by atoms with Crippen LogP contribution in [0.2, 0.25) is 9.36 Å². The lowest BCUT2D eigenvalue weighted by Crippen LogP contribution is -2.16. The fourth-order valence-electron chi connectivity index (χ4n) is 1.79.